The van der Waals surface area contributed by atoms with Crippen molar-refractivity contribution >= 4 is 0 Å². The predicted molar refractivity (Wildman–Crippen MR) is 47.6 cm³/mol. The molecule has 0 bridgehead atoms. The molecule has 64 valence electrons. The Morgan fingerprint density at radius 2 is 1.64 bits per heavy atom. The molecule has 0 radical (unpaired) electrons. The Morgan fingerprint density at radius 3 is 1.91 bits per heavy atom. The van der Waals surface area contributed by atoms with E-state index in [1.165, 1.54) is 38.8 Å². The van der Waals surface area contributed by atoms with Crippen LogP contribution in [0.1, 0.15) is 39.5 Å². The van der Waals surface area contributed by atoms with Crippen LogP contribution in [-0.2, 0) is 0 Å². The molecule has 2 rings (SSSR count). The second kappa shape index (κ2) is 2.22. The van der Waals surface area contributed by atoms with Gasteiger partial charge in [0.15, 0.2) is 0 Å². The van der Waals surface area contributed by atoms with E-state index in [1.807, 2.05) is 0 Å². The Morgan fingerprint density at radius 1 is 1.09 bits per heavy atom. The summed E-state index contributed by atoms with van der Waals surface area (Å²) < 4.78 is 0. The Bertz CT molecular complexity index is 144. The molecule has 2 aliphatic rings. The first-order valence-electron chi connectivity index (χ1n) is 4.95. The van der Waals surface area contributed by atoms with Gasteiger partial charge in [0.2, 0.25) is 0 Å². The van der Waals surface area contributed by atoms with Gasteiger partial charge in [0.25, 0.3) is 0 Å². The Labute approximate surface area is 69.6 Å². The number of rotatable bonds is 2. The van der Waals surface area contributed by atoms with Crippen LogP contribution in [-0.4, -0.2) is 13.1 Å². The van der Waals surface area contributed by atoms with Crippen LogP contribution in [0.5, 0.6) is 0 Å². The summed E-state index contributed by atoms with van der Waals surface area (Å²) in [4.78, 5) is 0. The fraction of sp³-hybridized carbons (Fsp3) is 1.00. The molecule has 1 heterocycles. The van der Waals surface area contributed by atoms with E-state index in [0.29, 0.717) is 0 Å². The maximum atomic E-state index is 3.39. The molecule has 0 atom stereocenters. The van der Waals surface area contributed by atoms with Crippen molar-refractivity contribution in [1.29, 1.82) is 0 Å². The molecule has 1 aliphatic carbocycles. The zero-order valence-electron chi connectivity index (χ0n) is 7.74. The van der Waals surface area contributed by atoms with Crippen LogP contribution in [0.25, 0.3) is 0 Å². The van der Waals surface area contributed by atoms with Crippen molar-refractivity contribution in [3.63, 3.8) is 0 Å². The van der Waals surface area contributed by atoms with Crippen LogP contribution in [0.4, 0.5) is 0 Å². The first-order chi connectivity index (χ1) is 5.24. The summed E-state index contributed by atoms with van der Waals surface area (Å²) in [6.07, 6.45) is 5.79. The molecule has 0 amide bonds. The van der Waals surface area contributed by atoms with Gasteiger partial charge in [0.05, 0.1) is 0 Å². The topological polar surface area (TPSA) is 12.0 Å². The predicted octanol–water partition coefficient (Wildman–Crippen LogP) is 2.18. The molecule has 0 aromatic rings. The van der Waals surface area contributed by atoms with Crippen LogP contribution in [0.15, 0.2) is 0 Å². The molecule has 1 heteroatoms. The van der Waals surface area contributed by atoms with Gasteiger partial charge in [-0.05, 0) is 23.7 Å². The average Bonchev–Trinajstić information content (AvgIpc) is 1.85. The number of nitrogens with one attached hydrogen (secondary N) is 1. The van der Waals surface area contributed by atoms with Crippen molar-refractivity contribution in [2.75, 3.05) is 13.1 Å². The van der Waals surface area contributed by atoms with Crippen LogP contribution in [0.2, 0.25) is 0 Å². The number of hydrogen-bond donors (Lipinski definition) is 1. The second-order valence-corrected chi connectivity index (χ2v) is 4.66. The lowest BCUT2D eigenvalue weighted by Crippen LogP contribution is -2.63. The van der Waals surface area contributed by atoms with E-state index in [2.05, 4.69) is 19.2 Å². The van der Waals surface area contributed by atoms with Crippen molar-refractivity contribution in [1.82, 2.24) is 5.32 Å². The normalized spacial score (nSPS) is 31.1. The number of hydrogen-bond acceptors (Lipinski definition) is 1. The minimum Gasteiger partial charge on any atom is -0.316 e. The molecule has 1 N–H and O–H groups in total. The van der Waals surface area contributed by atoms with Crippen LogP contribution >= 0.6 is 0 Å². The maximum Gasteiger partial charge on any atom is 0.00206 e. The van der Waals surface area contributed by atoms with E-state index in [9.17, 15) is 0 Å². The summed E-state index contributed by atoms with van der Waals surface area (Å²) in [5.41, 5.74) is 1.52. The summed E-state index contributed by atoms with van der Waals surface area (Å²) in [7, 11) is 0. The van der Waals surface area contributed by atoms with E-state index < -0.39 is 0 Å². The minimum atomic E-state index is 0.752. The van der Waals surface area contributed by atoms with Gasteiger partial charge in [-0.1, -0.05) is 26.7 Å². The molecule has 2 fully saturated rings. The van der Waals surface area contributed by atoms with Crippen molar-refractivity contribution in [2.24, 2.45) is 10.8 Å². The molecule has 1 saturated carbocycles. The molecule has 1 saturated heterocycles. The lowest BCUT2D eigenvalue weighted by Gasteiger charge is -2.61. The average molecular weight is 153 g/mol. The zero-order valence-corrected chi connectivity index (χ0v) is 7.74. The molecule has 1 spiro atoms. The highest BCUT2D eigenvalue weighted by atomic mass is 15.0. The maximum absolute atomic E-state index is 3.39. The monoisotopic (exact) mass is 153 g/mol. The van der Waals surface area contributed by atoms with Gasteiger partial charge in [-0.25, -0.2) is 0 Å². The SMILES string of the molecule is CCC1(CC)CC2(CNC2)C1. The highest BCUT2D eigenvalue weighted by Gasteiger charge is 2.54. The first kappa shape index (κ1) is 7.60. The van der Waals surface area contributed by atoms with Crippen LogP contribution < -0.4 is 5.32 Å². The standard InChI is InChI=1S/C10H19N/c1-3-9(4-2)5-10(6-9)7-11-8-10/h11H,3-8H2,1-2H3. The van der Waals surface area contributed by atoms with Gasteiger partial charge in [0, 0.05) is 13.1 Å². The fourth-order valence-corrected chi connectivity index (χ4v) is 3.02. The summed E-state index contributed by atoms with van der Waals surface area (Å²) in [5, 5.41) is 3.39. The molecular weight excluding hydrogens is 134 g/mol. The molecule has 0 aromatic heterocycles. The second-order valence-electron chi connectivity index (χ2n) is 4.66. The first-order valence-corrected chi connectivity index (χ1v) is 4.95. The minimum absolute atomic E-state index is 0.752. The van der Waals surface area contributed by atoms with Gasteiger partial charge >= 0.3 is 0 Å². The third kappa shape index (κ3) is 0.936. The highest BCUT2D eigenvalue weighted by molar-refractivity contribution is 5.08. The zero-order chi connectivity index (χ0) is 7.95. The molecule has 0 unspecified atom stereocenters. The van der Waals surface area contributed by atoms with Crippen molar-refractivity contribution in [3.05, 3.63) is 0 Å². The van der Waals surface area contributed by atoms with E-state index in [1.54, 1.807) is 0 Å². The third-order valence-electron chi connectivity index (χ3n) is 4.00. The van der Waals surface area contributed by atoms with Crippen molar-refractivity contribution < 1.29 is 0 Å². The molecular formula is C10H19N. The van der Waals surface area contributed by atoms with Crippen molar-refractivity contribution in [3.8, 4) is 0 Å². The Kier molecular flexibility index (Phi) is 1.54. The lowest BCUT2D eigenvalue weighted by atomic mass is 9.48. The Balaban J connectivity index is 1.93. The van der Waals surface area contributed by atoms with Gasteiger partial charge in [0.1, 0.15) is 0 Å². The summed E-state index contributed by atoms with van der Waals surface area (Å²) in [6, 6.07) is 0. The van der Waals surface area contributed by atoms with E-state index >= 15 is 0 Å². The van der Waals surface area contributed by atoms with Gasteiger partial charge in [-0.2, -0.15) is 0 Å². The summed E-state index contributed by atoms with van der Waals surface area (Å²) in [6.45, 7) is 7.30. The molecule has 11 heavy (non-hydrogen) atoms. The fourth-order valence-electron chi connectivity index (χ4n) is 3.02. The van der Waals surface area contributed by atoms with Gasteiger partial charge in [-0.15, -0.1) is 0 Å². The molecule has 0 aromatic carbocycles. The Hall–Kier alpha value is -0.0400. The van der Waals surface area contributed by atoms with E-state index in [-0.39, 0.29) is 0 Å². The molecule has 1 aliphatic heterocycles. The van der Waals surface area contributed by atoms with Gasteiger partial charge in [-0.3, -0.25) is 0 Å². The van der Waals surface area contributed by atoms with Gasteiger partial charge < -0.3 is 5.32 Å². The smallest absolute Gasteiger partial charge is 0.00206 e. The van der Waals surface area contributed by atoms with E-state index in [0.717, 1.165) is 10.8 Å². The van der Waals surface area contributed by atoms with E-state index in [4.69, 9.17) is 0 Å². The summed E-state index contributed by atoms with van der Waals surface area (Å²) >= 11 is 0. The quantitative estimate of drug-likeness (QED) is 0.641. The molecule has 1 nitrogen and oxygen atoms in total. The summed E-state index contributed by atoms with van der Waals surface area (Å²) in [5.74, 6) is 0. The third-order valence-corrected chi connectivity index (χ3v) is 4.00. The van der Waals surface area contributed by atoms with Crippen LogP contribution in [0.3, 0.4) is 0 Å². The van der Waals surface area contributed by atoms with Crippen LogP contribution in [0, 0.1) is 10.8 Å². The van der Waals surface area contributed by atoms with Crippen molar-refractivity contribution in [2.45, 2.75) is 39.5 Å². The largest absolute Gasteiger partial charge is 0.316 e. The highest BCUT2D eigenvalue weighted by Crippen LogP contribution is 2.59. The lowest BCUT2D eigenvalue weighted by molar-refractivity contribution is -0.0816.